The maximum Gasteiger partial charge on any atom is 0.226 e. The van der Waals surface area contributed by atoms with Crippen LogP contribution in [0.3, 0.4) is 0 Å². The predicted molar refractivity (Wildman–Crippen MR) is 78.5 cm³/mol. The SMILES string of the molecule is CCOc1cc(C)nc(NC(CCN)C(C)(C)C)n1. The second-order valence-corrected chi connectivity index (χ2v) is 5.74. The van der Waals surface area contributed by atoms with Crippen LogP contribution in [0.25, 0.3) is 0 Å². The minimum atomic E-state index is 0.0955. The molecule has 5 heteroatoms. The maximum absolute atomic E-state index is 5.68. The highest BCUT2D eigenvalue weighted by Gasteiger charge is 2.24. The molecular weight excluding hydrogens is 240 g/mol. The van der Waals surface area contributed by atoms with Crippen LogP contribution in [0.2, 0.25) is 0 Å². The Morgan fingerprint density at radius 2 is 2.05 bits per heavy atom. The van der Waals surface area contributed by atoms with E-state index in [1.807, 2.05) is 19.9 Å². The molecule has 1 atom stereocenters. The third-order valence-corrected chi connectivity index (χ3v) is 2.93. The second-order valence-electron chi connectivity index (χ2n) is 5.74. The first-order valence-electron chi connectivity index (χ1n) is 6.82. The highest BCUT2D eigenvalue weighted by Crippen LogP contribution is 2.25. The topological polar surface area (TPSA) is 73.1 Å². The van der Waals surface area contributed by atoms with E-state index >= 15 is 0 Å². The summed E-state index contributed by atoms with van der Waals surface area (Å²) in [5.41, 5.74) is 6.67. The number of aromatic nitrogens is 2. The van der Waals surface area contributed by atoms with Crippen molar-refractivity contribution in [2.24, 2.45) is 11.1 Å². The Morgan fingerprint density at radius 3 is 2.58 bits per heavy atom. The Kier molecular flexibility index (Phi) is 5.54. The van der Waals surface area contributed by atoms with Crippen LogP contribution in [0.1, 0.15) is 39.8 Å². The van der Waals surface area contributed by atoms with E-state index in [1.54, 1.807) is 0 Å². The van der Waals surface area contributed by atoms with Gasteiger partial charge >= 0.3 is 0 Å². The average molecular weight is 266 g/mol. The predicted octanol–water partition coefficient (Wildman–Crippen LogP) is 2.36. The highest BCUT2D eigenvalue weighted by atomic mass is 16.5. The minimum Gasteiger partial charge on any atom is -0.478 e. The summed E-state index contributed by atoms with van der Waals surface area (Å²) in [5.74, 6) is 1.22. The van der Waals surface area contributed by atoms with Crippen LogP contribution in [0.15, 0.2) is 6.07 Å². The van der Waals surface area contributed by atoms with Crippen molar-refractivity contribution in [2.75, 3.05) is 18.5 Å². The maximum atomic E-state index is 5.68. The molecule has 1 unspecified atom stereocenters. The Morgan fingerprint density at radius 1 is 1.37 bits per heavy atom. The summed E-state index contributed by atoms with van der Waals surface area (Å²) in [4.78, 5) is 8.78. The fourth-order valence-corrected chi connectivity index (χ4v) is 1.87. The lowest BCUT2D eigenvalue weighted by molar-refractivity contribution is 0.319. The summed E-state index contributed by atoms with van der Waals surface area (Å²) in [7, 11) is 0. The van der Waals surface area contributed by atoms with E-state index in [9.17, 15) is 0 Å². The number of nitrogens with one attached hydrogen (secondary N) is 1. The van der Waals surface area contributed by atoms with Gasteiger partial charge in [0.05, 0.1) is 6.61 Å². The molecule has 0 radical (unpaired) electrons. The minimum absolute atomic E-state index is 0.0955. The van der Waals surface area contributed by atoms with Crippen LogP contribution in [-0.4, -0.2) is 29.2 Å². The zero-order valence-corrected chi connectivity index (χ0v) is 12.7. The molecule has 1 aromatic heterocycles. The van der Waals surface area contributed by atoms with Crippen LogP contribution in [0.5, 0.6) is 5.88 Å². The van der Waals surface area contributed by atoms with Crippen molar-refractivity contribution >= 4 is 5.95 Å². The molecule has 1 heterocycles. The number of nitrogens with two attached hydrogens (primary N) is 1. The molecule has 0 aliphatic carbocycles. The van der Waals surface area contributed by atoms with Gasteiger partial charge in [0.15, 0.2) is 0 Å². The third-order valence-electron chi connectivity index (χ3n) is 2.93. The molecular formula is C14H26N4O. The average Bonchev–Trinajstić information content (AvgIpc) is 2.27. The fourth-order valence-electron chi connectivity index (χ4n) is 1.87. The van der Waals surface area contributed by atoms with Gasteiger partial charge in [-0.05, 0) is 32.2 Å². The number of hydrogen-bond acceptors (Lipinski definition) is 5. The summed E-state index contributed by atoms with van der Waals surface area (Å²) in [6, 6.07) is 2.07. The van der Waals surface area contributed by atoms with Gasteiger partial charge in [0.25, 0.3) is 0 Å². The Labute approximate surface area is 116 Å². The van der Waals surface area contributed by atoms with E-state index in [4.69, 9.17) is 10.5 Å². The molecule has 1 rings (SSSR count). The van der Waals surface area contributed by atoms with Gasteiger partial charge in [-0.15, -0.1) is 0 Å². The standard InChI is InChI=1S/C14H26N4O/c1-6-19-12-9-10(2)16-13(18-12)17-11(7-8-15)14(3,4)5/h9,11H,6-8,15H2,1-5H3,(H,16,17,18). The first-order chi connectivity index (χ1) is 8.86. The number of nitrogens with zero attached hydrogens (tertiary/aromatic N) is 2. The van der Waals surface area contributed by atoms with Gasteiger partial charge in [0, 0.05) is 17.8 Å². The Balaban J connectivity index is 2.89. The van der Waals surface area contributed by atoms with Crippen molar-refractivity contribution in [3.63, 3.8) is 0 Å². The van der Waals surface area contributed by atoms with E-state index < -0.39 is 0 Å². The molecule has 1 aromatic rings. The van der Waals surface area contributed by atoms with Crippen molar-refractivity contribution in [1.29, 1.82) is 0 Å². The summed E-state index contributed by atoms with van der Waals surface area (Å²) < 4.78 is 5.44. The molecule has 3 N–H and O–H groups in total. The third kappa shape index (κ3) is 5.03. The smallest absolute Gasteiger partial charge is 0.226 e. The molecule has 19 heavy (non-hydrogen) atoms. The summed E-state index contributed by atoms with van der Waals surface area (Å²) in [6.07, 6.45) is 0.880. The molecule has 0 amide bonds. The zero-order chi connectivity index (χ0) is 14.5. The van der Waals surface area contributed by atoms with Crippen LogP contribution < -0.4 is 15.8 Å². The summed E-state index contributed by atoms with van der Waals surface area (Å²) >= 11 is 0. The van der Waals surface area contributed by atoms with Crippen LogP contribution in [0, 0.1) is 12.3 Å². The lowest BCUT2D eigenvalue weighted by atomic mass is 9.85. The molecule has 108 valence electrons. The normalized spacial score (nSPS) is 13.2. The van der Waals surface area contributed by atoms with Gasteiger partial charge in [-0.2, -0.15) is 4.98 Å². The van der Waals surface area contributed by atoms with Gasteiger partial charge in [0.1, 0.15) is 0 Å². The van der Waals surface area contributed by atoms with Crippen molar-refractivity contribution in [3.8, 4) is 5.88 Å². The van der Waals surface area contributed by atoms with Crippen molar-refractivity contribution in [2.45, 2.75) is 47.1 Å². The van der Waals surface area contributed by atoms with Gasteiger partial charge in [0.2, 0.25) is 11.8 Å². The zero-order valence-electron chi connectivity index (χ0n) is 12.7. The number of aryl methyl sites for hydroxylation is 1. The molecule has 5 nitrogen and oxygen atoms in total. The Bertz CT molecular complexity index is 401. The first kappa shape index (κ1) is 15.7. The van der Waals surface area contributed by atoms with Crippen molar-refractivity contribution in [1.82, 2.24) is 9.97 Å². The summed E-state index contributed by atoms with van der Waals surface area (Å²) in [6.45, 7) is 11.7. The quantitative estimate of drug-likeness (QED) is 0.827. The highest BCUT2D eigenvalue weighted by molar-refractivity contribution is 5.32. The van der Waals surface area contributed by atoms with E-state index in [2.05, 4.69) is 36.1 Å². The summed E-state index contributed by atoms with van der Waals surface area (Å²) in [5, 5.41) is 3.38. The number of ether oxygens (including phenoxy) is 1. The Hall–Kier alpha value is -1.36. The molecule has 0 bridgehead atoms. The van der Waals surface area contributed by atoms with Crippen molar-refractivity contribution < 1.29 is 4.74 Å². The number of anilines is 1. The van der Waals surface area contributed by atoms with Gasteiger partial charge in [-0.1, -0.05) is 20.8 Å². The van der Waals surface area contributed by atoms with Gasteiger partial charge < -0.3 is 15.8 Å². The van der Waals surface area contributed by atoms with Crippen LogP contribution in [-0.2, 0) is 0 Å². The van der Waals surface area contributed by atoms with Crippen LogP contribution >= 0.6 is 0 Å². The van der Waals surface area contributed by atoms with Crippen LogP contribution in [0.4, 0.5) is 5.95 Å². The number of rotatable bonds is 6. The van der Waals surface area contributed by atoms with E-state index in [0.29, 0.717) is 25.0 Å². The molecule has 0 aliphatic heterocycles. The molecule has 0 saturated carbocycles. The van der Waals surface area contributed by atoms with Gasteiger partial charge in [-0.3, -0.25) is 0 Å². The molecule has 0 spiro atoms. The van der Waals surface area contributed by atoms with E-state index in [1.165, 1.54) is 0 Å². The second kappa shape index (κ2) is 6.70. The molecule has 0 fully saturated rings. The van der Waals surface area contributed by atoms with Crippen molar-refractivity contribution in [3.05, 3.63) is 11.8 Å². The fraction of sp³-hybridized carbons (Fsp3) is 0.714. The monoisotopic (exact) mass is 266 g/mol. The van der Waals surface area contributed by atoms with E-state index in [-0.39, 0.29) is 11.5 Å². The first-order valence-corrected chi connectivity index (χ1v) is 6.82. The largest absolute Gasteiger partial charge is 0.478 e. The lowest BCUT2D eigenvalue weighted by Crippen LogP contribution is -2.36. The van der Waals surface area contributed by atoms with E-state index in [0.717, 1.165) is 12.1 Å². The lowest BCUT2D eigenvalue weighted by Gasteiger charge is -2.31. The number of hydrogen-bond donors (Lipinski definition) is 2. The molecule has 0 saturated heterocycles. The molecule has 0 aliphatic rings. The van der Waals surface area contributed by atoms with Gasteiger partial charge in [-0.25, -0.2) is 4.98 Å². The molecule has 0 aromatic carbocycles.